The van der Waals surface area contributed by atoms with Gasteiger partial charge >= 0.3 is 33.7 Å². The van der Waals surface area contributed by atoms with Crippen LogP contribution in [0.1, 0.15) is 38.8 Å². The second-order valence-electron chi connectivity index (χ2n) is 11.5. The number of fused-ring (bicyclic) bond motifs is 2. The Kier molecular flexibility index (Phi) is 20.0. The Hall–Kier alpha value is -3.19. The summed E-state index contributed by atoms with van der Waals surface area (Å²) >= 11 is 3.64. The van der Waals surface area contributed by atoms with Gasteiger partial charge < -0.3 is 0 Å². The van der Waals surface area contributed by atoms with E-state index in [1.807, 2.05) is 60.7 Å². The van der Waals surface area contributed by atoms with Crippen molar-refractivity contribution in [2.45, 2.75) is 27.7 Å². The molecule has 0 fully saturated rings. The van der Waals surface area contributed by atoms with Gasteiger partial charge in [0.05, 0.1) is 0 Å². The van der Waals surface area contributed by atoms with Crippen molar-refractivity contribution >= 4 is 69.6 Å². The Morgan fingerprint density at radius 2 is 0.800 bits per heavy atom. The molecule has 252 valence electrons. The summed E-state index contributed by atoms with van der Waals surface area (Å²) in [5, 5.41) is 5.27. The van der Waals surface area contributed by atoms with Crippen molar-refractivity contribution in [2.24, 2.45) is 11.8 Å². The van der Waals surface area contributed by atoms with Crippen LogP contribution in [0.15, 0.2) is 169 Å². The summed E-state index contributed by atoms with van der Waals surface area (Å²) in [4.78, 5) is 0. The summed E-state index contributed by atoms with van der Waals surface area (Å²) < 4.78 is 0. The molecule has 0 heterocycles. The van der Waals surface area contributed by atoms with Gasteiger partial charge in [-0.1, -0.05) is 136 Å². The predicted octanol–water partition coefficient (Wildman–Crippen LogP) is 12.7. The molecule has 2 radical (unpaired) electrons. The molecule has 2 unspecified atom stereocenters. The summed E-state index contributed by atoms with van der Waals surface area (Å²) in [6.07, 6.45) is 11.5. The first-order chi connectivity index (χ1) is 23.5. The van der Waals surface area contributed by atoms with Crippen LogP contribution in [0.3, 0.4) is 0 Å². The van der Waals surface area contributed by atoms with Crippen LogP contribution in [0, 0.1) is 36.1 Å². The predicted molar refractivity (Wildman–Crippen MR) is 218 cm³/mol. The van der Waals surface area contributed by atoms with Gasteiger partial charge in [0.2, 0.25) is 0 Å². The number of benzene rings is 6. The van der Waals surface area contributed by atoms with Crippen molar-refractivity contribution in [3.05, 3.63) is 204 Å². The molecule has 0 amide bonds. The van der Waals surface area contributed by atoms with Gasteiger partial charge in [0.1, 0.15) is 0 Å². The Labute approximate surface area is 332 Å². The maximum Gasteiger partial charge on any atom is -0.171 e. The Balaban J connectivity index is 0.000000246. The molecule has 0 aliphatic heterocycles. The van der Waals surface area contributed by atoms with Crippen molar-refractivity contribution in [3.63, 3.8) is 0 Å². The molecule has 0 bridgehead atoms. The maximum absolute atomic E-state index is 3.45. The SMILES string of the molecule is CC1=[C-]C(C)C=C1c1cccc2ccccc12.CC1=[C-]C(C)C=C1c1cccc2ccccc12.Cl.Cl.[Ge]=[Zr].[c-]1ccccc1.[c-]1ccccc1. The first kappa shape index (κ1) is 43.0. The molecule has 2 atom stereocenters. The summed E-state index contributed by atoms with van der Waals surface area (Å²) in [5.74, 6) is 0.868. The molecule has 50 heavy (non-hydrogen) atoms. The third-order valence-corrected chi connectivity index (χ3v) is 7.90. The molecule has 0 nitrogen and oxygen atoms in total. The largest absolute Gasteiger partial charge is 0.184 e. The number of hydrogen-bond donors (Lipinski definition) is 0. The van der Waals surface area contributed by atoms with Gasteiger partial charge in [-0.2, -0.15) is 96.1 Å². The normalized spacial score (nSPS) is 15.1. The van der Waals surface area contributed by atoms with Crippen molar-refractivity contribution in [1.82, 2.24) is 0 Å². The smallest absolute Gasteiger partial charge is 0.171 e. The van der Waals surface area contributed by atoms with Crippen LogP contribution < -0.4 is 0 Å². The summed E-state index contributed by atoms with van der Waals surface area (Å²) in [6, 6.07) is 55.1. The number of halogens is 2. The molecule has 0 saturated heterocycles. The van der Waals surface area contributed by atoms with E-state index in [-0.39, 0.29) is 24.8 Å². The molecule has 2 aliphatic rings. The first-order valence-corrected chi connectivity index (χ1v) is 23.6. The molecule has 4 heteroatoms. The molecular weight excluding hydrogens is 787 g/mol. The molecule has 0 N–H and O–H groups in total. The summed E-state index contributed by atoms with van der Waals surface area (Å²) in [6.45, 7) is 8.66. The van der Waals surface area contributed by atoms with Crippen LogP contribution in [0.4, 0.5) is 0 Å². The van der Waals surface area contributed by atoms with Crippen molar-refractivity contribution in [2.75, 3.05) is 0 Å². The van der Waals surface area contributed by atoms with E-state index in [0.29, 0.717) is 11.8 Å². The summed E-state index contributed by atoms with van der Waals surface area (Å²) in [7, 11) is 0. The molecule has 0 saturated carbocycles. The van der Waals surface area contributed by atoms with E-state index in [9.17, 15) is 0 Å². The van der Waals surface area contributed by atoms with Crippen molar-refractivity contribution in [1.29, 1.82) is 0 Å². The van der Waals surface area contributed by atoms with Crippen LogP contribution in [0.5, 0.6) is 0 Å². The van der Waals surface area contributed by atoms with Crippen LogP contribution in [0.2, 0.25) is 0 Å². The van der Waals surface area contributed by atoms with E-state index < -0.39 is 0 Å². The van der Waals surface area contributed by atoms with Crippen molar-refractivity contribution in [3.8, 4) is 0 Å². The van der Waals surface area contributed by atoms with E-state index >= 15 is 0 Å². The van der Waals surface area contributed by atoms with Crippen LogP contribution in [0.25, 0.3) is 32.7 Å². The fourth-order valence-electron chi connectivity index (χ4n) is 5.86. The molecular formula is C46H42Cl2GeZr-4. The van der Waals surface area contributed by atoms with Gasteiger partial charge in [-0.05, 0) is 21.5 Å². The zero-order chi connectivity index (χ0) is 34.1. The topological polar surface area (TPSA) is 0 Å². The Bertz CT molecular complexity index is 1800. The standard InChI is InChI=1S/2C17H15.2C6H5.2ClH.Ge.Zr/c2*1-12-10-13(2)17(11-12)16-9-5-7-14-6-3-4-8-15(14)16;2*1-2-4-6-5-3-1;;;;/h2*3-9,11-12H,1-2H3;2*1-5H;2*1H;;/q4*-1;;;;. The van der Waals surface area contributed by atoms with Crippen molar-refractivity contribution < 1.29 is 21.6 Å². The Morgan fingerprint density at radius 3 is 1.08 bits per heavy atom. The van der Waals surface area contributed by atoms with Gasteiger partial charge in [-0.15, -0.1) is 24.8 Å². The minimum Gasteiger partial charge on any atom is -0.184 e. The van der Waals surface area contributed by atoms with E-state index in [0.717, 1.165) is 0 Å². The second kappa shape index (κ2) is 23.3. The first-order valence-electron chi connectivity index (χ1n) is 16.2. The van der Waals surface area contributed by atoms with Gasteiger partial charge in [0, 0.05) is 0 Å². The molecule has 2 aliphatic carbocycles. The third-order valence-electron chi connectivity index (χ3n) is 7.90. The second-order valence-corrected chi connectivity index (χ2v) is 11.5. The van der Waals surface area contributed by atoms with E-state index in [1.165, 1.54) is 55.0 Å². The molecule has 6 aromatic carbocycles. The molecule has 6 aromatic rings. The monoisotopic (exact) mass is 828 g/mol. The number of allylic oxidation sites excluding steroid dienone is 8. The average molecular weight is 830 g/mol. The van der Waals surface area contributed by atoms with E-state index in [4.69, 9.17) is 0 Å². The minimum atomic E-state index is 0. The third kappa shape index (κ3) is 12.5. The fourth-order valence-corrected chi connectivity index (χ4v) is 5.86. The minimum absolute atomic E-state index is 0. The van der Waals surface area contributed by atoms with Gasteiger partial charge in [-0.25, -0.2) is 11.1 Å². The van der Waals surface area contributed by atoms with Gasteiger partial charge in [-0.3, -0.25) is 12.2 Å². The number of rotatable bonds is 2. The summed E-state index contributed by atoms with van der Waals surface area (Å²) in [5.41, 5.74) is 7.89. The quantitative estimate of drug-likeness (QED) is 0.120. The van der Waals surface area contributed by atoms with Gasteiger partial charge in [0.25, 0.3) is 0 Å². The molecule has 8 rings (SSSR count). The zero-order valence-corrected chi connectivity index (χ0v) is 35.2. The van der Waals surface area contributed by atoms with Gasteiger partial charge in [0.15, 0.2) is 0 Å². The average Bonchev–Trinajstić information content (AvgIpc) is 3.68. The van der Waals surface area contributed by atoms with Crippen LogP contribution in [-0.4, -0.2) is 12.1 Å². The number of hydrogen-bond acceptors (Lipinski definition) is 0. The molecule has 0 spiro atoms. The van der Waals surface area contributed by atoms with Crippen LogP contribution >= 0.6 is 24.8 Å². The van der Waals surface area contributed by atoms with E-state index in [2.05, 4.69) is 161 Å². The van der Waals surface area contributed by atoms with E-state index in [1.54, 1.807) is 21.6 Å². The zero-order valence-electron chi connectivity index (χ0n) is 29.0. The van der Waals surface area contributed by atoms with Crippen LogP contribution in [-0.2, 0) is 21.6 Å². The Morgan fingerprint density at radius 1 is 0.460 bits per heavy atom. The molecule has 0 aromatic heterocycles. The fraction of sp³-hybridized carbons (Fsp3) is 0.130. The maximum atomic E-state index is 3.45.